The molecule has 0 radical (unpaired) electrons. The molecule has 2 rings (SSSR count). The Labute approximate surface area is 157 Å². The molecule has 0 aliphatic carbocycles. The first-order valence-corrected chi connectivity index (χ1v) is 8.69. The van der Waals surface area contributed by atoms with E-state index in [0.717, 1.165) is 6.20 Å². The molecule has 1 aromatic rings. The Bertz CT molecular complexity index is 789. The first-order chi connectivity index (χ1) is 13.0. The number of piperidine rings is 1. The Morgan fingerprint density at radius 2 is 2.00 bits per heavy atom. The standard InChI is InChI=1S/C19H22N4O4/c1-2-27-19(26)13-7-9-23(10-8-13)18(25)14(11-20)12-22-17(24)15-5-3-4-6-16(15)21/h3-6,12-13H,2,7-10,21H2,1H3,(H,22,24)/b14-12-. The molecule has 0 aromatic heterocycles. The third kappa shape index (κ3) is 5.07. The summed E-state index contributed by atoms with van der Waals surface area (Å²) in [6.07, 6.45) is 2.06. The van der Waals surface area contributed by atoms with Gasteiger partial charge in [0.15, 0.2) is 0 Å². The van der Waals surface area contributed by atoms with Crippen molar-refractivity contribution in [1.29, 1.82) is 5.26 Å². The number of amides is 2. The third-order valence-electron chi connectivity index (χ3n) is 4.31. The van der Waals surface area contributed by atoms with Crippen molar-refractivity contribution in [2.75, 3.05) is 25.4 Å². The molecule has 1 saturated heterocycles. The topological polar surface area (TPSA) is 126 Å². The highest BCUT2D eigenvalue weighted by atomic mass is 16.5. The van der Waals surface area contributed by atoms with Crippen molar-refractivity contribution < 1.29 is 19.1 Å². The van der Waals surface area contributed by atoms with Crippen molar-refractivity contribution in [3.63, 3.8) is 0 Å². The highest BCUT2D eigenvalue weighted by molar-refractivity contribution is 6.01. The quantitative estimate of drug-likeness (QED) is 0.347. The van der Waals surface area contributed by atoms with Gasteiger partial charge in [-0.15, -0.1) is 0 Å². The van der Waals surface area contributed by atoms with E-state index in [4.69, 9.17) is 10.5 Å². The van der Waals surface area contributed by atoms with Crippen LogP contribution in [0, 0.1) is 17.2 Å². The fourth-order valence-corrected chi connectivity index (χ4v) is 2.81. The van der Waals surface area contributed by atoms with Gasteiger partial charge in [0.1, 0.15) is 11.6 Å². The van der Waals surface area contributed by atoms with E-state index in [0.29, 0.717) is 38.2 Å². The number of hydrogen-bond donors (Lipinski definition) is 2. The minimum absolute atomic E-state index is 0.188. The number of anilines is 1. The van der Waals surface area contributed by atoms with Gasteiger partial charge in [-0.05, 0) is 31.9 Å². The first kappa shape index (κ1) is 20.0. The third-order valence-corrected chi connectivity index (χ3v) is 4.31. The Morgan fingerprint density at radius 1 is 1.33 bits per heavy atom. The minimum atomic E-state index is -0.505. The van der Waals surface area contributed by atoms with Gasteiger partial charge < -0.3 is 20.7 Å². The highest BCUT2D eigenvalue weighted by Gasteiger charge is 2.29. The number of ether oxygens (including phenoxy) is 1. The molecule has 27 heavy (non-hydrogen) atoms. The van der Waals surface area contributed by atoms with Gasteiger partial charge >= 0.3 is 5.97 Å². The van der Waals surface area contributed by atoms with Gasteiger partial charge in [-0.1, -0.05) is 12.1 Å². The van der Waals surface area contributed by atoms with E-state index in [1.54, 1.807) is 31.2 Å². The summed E-state index contributed by atoms with van der Waals surface area (Å²) in [7, 11) is 0. The molecular formula is C19H22N4O4. The van der Waals surface area contributed by atoms with E-state index in [1.807, 2.05) is 6.07 Å². The summed E-state index contributed by atoms with van der Waals surface area (Å²) < 4.78 is 5.00. The van der Waals surface area contributed by atoms with Crippen LogP contribution in [0.5, 0.6) is 0 Å². The van der Waals surface area contributed by atoms with Crippen LogP contribution >= 0.6 is 0 Å². The first-order valence-electron chi connectivity index (χ1n) is 8.69. The SMILES string of the molecule is CCOC(=O)C1CCN(C(=O)/C(C#N)=C\NC(=O)c2ccccc2N)CC1. The monoisotopic (exact) mass is 370 g/mol. The van der Waals surface area contributed by atoms with Crippen molar-refractivity contribution in [3.05, 3.63) is 41.6 Å². The lowest BCUT2D eigenvalue weighted by Crippen LogP contribution is -2.41. The average Bonchev–Trinajstić information content (AvgIpc) is 2.68. The normalized spacial score (nSPS) is 15.0. The predicted octanol–water partition coefficient (Wildman–Crippen LogP) is 1.21. The largest absolute Gasteiger partial charge is 0.466 e. The minimum Gasteiger partial charge on any atom is -0.466 e. The van der Waals surface area contributed by atoms with Crippen LogP contribution in [0.1, 0.15) is 30.1 Å². The summed E-state index contributed by atoms with van der Waals surface area (Å²) in [5.74, 6) is -1.48. The molecule has 8 nitrogen and oxygen atoms in total. The van der Waals surface area contributed by atoms with Crippen LogP contribution in [0.15, 0.2) is 36.0 Å². The number of benzene rings is 1. The van der Waals surface area contributed by atoms with Gasteiger partial charge in [-0.3, -0.25) is 14.4 Å². The maximum atomic E-state index is 12.5. The summed E-state index contributed by atoms with van der Waals surface area (Å²) in [4.78, 5) is 37.9. The molecule has 1 aromatic carbocycles. The van der Waals surface area contributed by atoms with Crippen LogP contribution in [0.25, 0.3) is 0 Å². The summed E-state index contributed by atoms with van der Waals surface area (Å²) in [5, 5.41) is 11.7. The smallest absolute Gasteiger partial charge is 0.309 e. The lowest BCUT2D eigenvalue weighted by atomic mass is 9.96. The molecule has 0 saturated carbocycles. The molecule has 0 atom stereocenters. The van der Waals surface area contributed by atoms with Gasteiger partial charge in [0, 0.05) is 25.0 Å². The van der Waals surface area contributed by atoms with Crippen molar-refractivity contribution in [3.8, 4) is 6.07 Å². The summed E-state index contributed by atoms with van der Waals surface area (Å²) in [5.41, 5.74) is 6.11. The number of carbonyl (C=O) groups excluding carboxylic acids is 3. The number of rotatable bonds is 5. The zero-order valence-electron chi connectivity index (χ0n) is 15.1. The maximum absolute atomic E-state index is 12.5. The molecule has 3 N–H and O–H groups in total. The lowest BCUT2D eigenvalue weighted by Gasteiger charge is -2.30. The second-order valence-corrected chi connectivity index (χ2v) is 6.05. The van der Waals surface area contributed by atoms with Gasteiger partial charge in [-0.2, -0.15) is 5.26 Å². The van der Waals surface area contributed by atoms with Crippen molar-refractivity contribution in [2.24, 2.45) is 5.92 Å². The molecule has 1 heterocycles. The van der Waals surface area contributed by atoms with Gasteiger partial charge in [0.2, 0.25) is 0 Å². The van der Waals surface area contributed by atoms with Crippen LogP contribution in [0.3, 0.4) is 0 Å². The fourth-order valence-electron chi connectivity index (χ4n) is 2.81. The van der Waals surface area contributed by atoms with Gasteiger partial charge in [0.05, 0.1) is 18.1 Å². The average molecular weight is 370 g/mol. The second kappa shape index (κ2) is 9.38. The Hall–Kier alpha value is -3.34. The van der Waals surface area contributed by atoms with E-state index in [-0.39, 0.29) is 23.0 Å². The van der Waals surface area contributed by atoms with E-state index < -0.39 is 11.8 Å². The number of nitrogens with zero attached hydrogens (tertiary/aromatic N) is 2. The van der Waals surface area contributed by atoms with Gasteiger partial charge in [0.25, 0.3) is 11.8 Å². The number of nitriles is 1. The summed E-state index contributed by atoms with van der Waals surface area (Å²) in [6, 6.07) is 8.31. The van der Waals surface area contributed by atoms with Gasteiger partial charge in [-0.25, -0.2) is 0 Å². The number of carbonyl (C=O) groups is 3. The number of nitrogens with two attached hydrogens (primary N) is 1. The van der Waals surface area contributed by atoms with Crippen molar-refractivity contribution >= 4 is 23.5 Å². The van der Waals surface area contributed by atoms with E-state index in [2.05, 4.69) is 5.32 Å². The zero-order valence-corrected chi connectivity index (χ0v) is 15.1. The zero-order chi connectivity index (χ0) is 19.8. The Morgan fingerprint density at radius 3 is 2.59 bits per heavy atom. The van der Waals surface area contributed by atoms with Crippen LogP contribution in [0.2, 0.25) is 0 Å². The molecule has 1 aliphatic heterocycles. The molecule has 1 fully saturated rings. The predicted molar refractivity (Wildman–Crippen MR) is 98.0 cm³/mol. The van der Waals surface area contributed by atoms with Crippen molar-refractivity contribution in [2.45, 2.75) is 19.8 Å². The summed E-state index contributed by atoms with van der Waals surface area (Å²) in [6.45, 7) is 2.77. The van der Waals surface area contributed by atoms with Crippen LogP contribution in [0.4, 0.5) is 5.69 Å². The molecule has 0 unspecified atom stereocenters. The van der Waals surface area contributed by atoms with E-state index >= 15 is 0 Å². The second-order valence-electron chi connectivity index (χ2n) is 6.05. The number of esters is 1. The van der Waals surface area contributed by atoms with Crippen LogP contribution < -0.4 is 11.1 Å². The maximum Gasteiger partial charge on any atom is 0.309 e. The number of nitrogens with one attached hydrogen (secondary N) is 1. The molecule has 2 amide bonds. The number of nitrogen functional groups attached to an aromatic ring is 1. The van der Waals surface area contributed by atoms with E-state index in [9.17, 15) is 19.6 Å². The molecule has 0 bridgehead atoms. The Balaban J connectivity index is 1.97. The molecular weight excluding hydrogens is 348 g/mol. The molecule has 142 valence electrons. The molecule has 8 heteroatoms. The highest BCUT2D eigenvalue weighted by Crippen LogP contribution is 2.20. The molecule has 1 aliphatic rings. The lowest BCUT2D eigenvalue weighted by molar-refractivity contribution is -0.150. The van der Waals surface area contributed by atoms with Crippen LogP contribution in [-0.4, -0.2) is 42.4 Å². The van der Waals surface area contributed by atoms with E-state index in [1.165, 1.54) is 4.90 Å². The van der Waals surface area contributed by atoms with Crippen LogP contribution in [-0.2, 0) is 14.3 Å². The molecule has 0 spiro atoms. The fraction of sp³-hybridized carbons (Fsp3) is 0.368. The number of para-hydroxylation sites is 1. The number of hydrogen-bond acceptors (Lipinski definition) is 6. The Kier molecular flexibility index (Phi) is 6.94. The van der Waals surface area contributed by atoms with Crippen molar-refractivity contribution in [1.82, 2.24) is 10.2 Å². The summed E-state index contributed by atoms with van der Waals surface area (Å²) >= 11 is 0. The number of likely N-dealkylation sites (tertiary alicyclic amines) is 1.